The molecule has 10 heavy (non-hydrogen) atoms. The van der Waals surface area contributed by atoms with Crippen molar-refractivity contribution in [2.24, 2.45) is 0 Å². The molecule has 0 aliphatic heterocycles. The van der Waals surface area contributed by atoms with Crippen LogP contribution in [0.2, 0.25) is 0 Å². The average Bonchev–Trinajstić information content (AvgIpc) is 1.89. The Kier molecular flexibility index (Phi) is 8.94. The predicted octanol–water partition coefficient (Wildman–Crippen LogP) is -1.13. The zero-order valence-electron chi connectivity index (χ0n) is 7.03. The molecule has 64 valence electrons. The molecule has 0 N–H and O–H groups in total. The van der Waals surface area contributed by atoms with Crippen molar-refractivity contribution in [2.75, 3.05) is 32.0 Å². The molecule has 3 heteroatoms. The van der Waals surface area contributed by atoms with E-state index in [9.17, 15) is 0 Å². The first-order valence-electron chi connectivity index (χ1n) is 3.58. The largest absolute Gasteiger partial charge is 1.00 e. The van der Waals surface area contributed by atoms with Crippen LogP contribution in [0.25, 0.3) is 0 Å². The molecule has 0 heterocycles. The van der Waals surface area contributed by atoms with Crippen LogP contribution < -0.4 is 17.0 Å². The fourth-order valence-electron chi connectivity index (χ4n) is 0.744. The maximum Gasteiger partial charge on any atom is 0.0882 e. The zero-order chi connectivity index (χ0) is 7.33. The average molecular weight is 275 g/mol. The highest BCUT2D eigenvalue weighted by molar-refractivity contribution is 9.09. The van der Waals surface area contributed by atoms with Crippen LogP contribution in [0.4, 0.5) is 0 Å². The smallest absolute Gasteiger partial charge is 0.0882 e. The Hall–Kier alpha value is 0.920. The quantitative estimate of drug-likeness (QED) is 0.450. The molecule has 0 saturated carbocycles. The molecule has 0 radical (unpaired) electrons. The molecule has 0 fully saturated rings. The number of nitrogens with zero attached hydrogens (tertiary/aromatic N) is 1. The molecule has 1 nitrogen and oxygen atoms in total. The van der Waals surface area contributed by atoms with E-state index in [0.29, 0.717) is 0 Å². The highest BCUT2D eigenvalue weighted by atomic mass is 79.9. The fourth-order valence-corrected chi connectivity index (χ4v) is 1.60. The lowest BCUT2D eigenvalue weighted by atomic mass is 10.4. The first-order valence-corrected chi connectivity index (χ1v) is 4.70. The summed E-state index contributed by atoms with van der Waals surface area (Å²) in [6.07, 6.45) is 0. The van der Waals surface area contributed by atoms with E-state index in [-0.39, 0.29) is 17.0 Å². The van der Waals surface area contributed by atoms with E-state index in [0.717, 1.165) is 5.33 Å². The molecule has 0 atom stereocenters. The summed E-state index contributed by atoms with van der Waals surface area (Å²) in [6.45, 7) is 8.20. The molecule has 0 rings (SSSR count). The minimum absolute atomic E-state index is 0. The number of hydrogen-bond acceptors (Lipinski definition) is 0. The van der Waals surface area contributed by atoms with Crippen LogP contribution in [-0.4, -0.2) is 36.5 Å². The van der Waals surface area contributed by atoms with Crippen LogP contribution in [0, 0.1) is 0 Å². The third kappa shape index (κ3) is 4.69. The molecule has 0 aromatic heterocycles. The van der Waals surface area contributed by atoms with Gasteiger partial charge < -0.3 is 21.5 Å². The molecule has 0 saturated heterocycles. The van der Waals surface area contributed by atoms with Gasteiger partial charge in [-0.15, -0.1) is 0 Å². The van der Waals surface area contributed by atoms with E-state index >= 15 is 0 Å². The minimum Gasteiger partial charge on any atom is -1.00 e. The van der Waals surface area contributed by atoms with Crippen LogP contribution in [0.3, 0.4) is 0 Å². The Morgan fingerprint density at radius 2 is 1.60 bits per heavy atom. The van der Waals surface area contributed by atoms with E-state index in [1.807, 2.05) is 0 Å². The molecule has 0 aromatic rings. The van der Waals surface area contributed by atoms with Gasteiger partial charge in [0, 0.05) is 0 Å². The standard InChI is InChI=1S/C7H17BrN.BrH/c1-4-9(3,5-2)7-6-8;/h4-7H2,1-3H3;1H/q+1;/p-1. The zero-order valence-corrected chi connectivity index (χ0v) is 10.2. The molecule has 0 aliphatic rings. The Bertz CT molecular complexity index is 72.0. The first-order chi connectivity index (χ1) is 4.18. The predicted molar refractivity (Wildman–Crippen MR) is 45.9 cm³/mol. The van der Waals surface area contributed by atoms with Crippen molar-refractivity contribution in [3.63, 3.8) is 0 Å². The number of alkyl halides is 1. The van der Waals surface area contributed by atoms with Gasteiger partial charge in [0.1, 0.15) is 0 Å². The first kappa shape index (κ1) is 13.5. The van der Waals surface area contributed by atoms with Gasteiger partial charge >= 0.3 is 0 Å². The summed E-state index contributed by atoms with van der Waals surface area (Å²) in [4.78, 5) is 0. The van der Waals surface area contributed by atoms with Gasteiger partial charge in [0.05, 0.1) is 32.0 Å². The Morgan fingerprint density at radius 3 is 1.70 bits per heavy atom. The van der Waals surface area contributed by atoms with Crippen molar-refractivity contribution < 1.29 is 21.5 Å². The van der Waals surface area contributed by atoms with Crippen molar-refractivity contribution in [2.45, 2.75) is 13.8 Å². The summed E-state index contributed by atoms with van der Waals surface area (Å²) in [6, 6.07) is 0. The number of rotatable bonds is 4. The molecule has 0 unspecified atom stereocenters. The van der Waals surface area contributed by atoms with Gasteiger partial charge in [-0.3, -0.25) is 0 Å². The summed E-state index contributed by atoms with van der Waals surface area (Å²) in [7, 11) is 2.29. The Morgan fingerprint density at radius 1 is 1.20 bits per heavy atom. The second kappa shape index (κ2) is 6.62. The minimum atomic E-state index is 0. The fraction of sp³-hybridized carbons (Fsp3) is 1.00. The molecule has 0 spiro atoms. The van der Waals surface area contributed by atoms with Gasteiger partial charge in [-0.05, 0) is 13.8 Å². The maximum atomic E-state index is 3.45. The SMILES string of the molecule is CC[N+](C)(CC)CCBr.[Br-]. The van der Waals surface area contributed by atoms with Gasteiger partial charge in [0.2, 0.25) is 0 Å². The number of halogens is 2. The highest BCUT2D eigenvalue weighted by Gasteiger charge is 2.13. The van der Waals surface area contributed by atoms with E-state index in [1.54, 1.807) is 0 Å². The Balaban J connectivity index is 0. The summed E-state index contributed by atoms with van der Waals surface area (Å²) in [5.74, 6) is 0. The van der Waals surface area contributed by atoms with Crippen LogP contribution in [0.1, 0.15) is 13.8 Å². The van der Waals surface area contributed by atoms with Crippen LogP contribution in [-0.2, 0) is 0 Å². The van der Waals surface area contributed by atoms with Crippen LogP contribution >= 0.6 is 15.9 Å². The second-order valence-electron chi connectivity index (χ2n) is 2.66. The van der Waals surface area contributed by atoms with Gasteiger partial charge in [-0.2, -0.15) is 0 Å². The van der Waals surface area contributed by atoms with Crippen LogP contribution in [0.15, 0.2) is 0 Å². The lowest BCUT2D eigenvalue weighted by molar-refractivity contribution is -0.903. The van der Waals surface area contributed by atoms with Gasteiger partial charge in [-0.25, -0.2) is 0 Å². The summed E-state index contributed by atoms with van der Waals surface area (Å²) >= 11 is 3.45. The normalized spacial score (nSPS) is 10.8. The highest BCUT2D eigenvalue weighted by Crippen LogP contribution is 2.01. The molecule has 0 aliphatic carbocycles. The number of hydrogen-bond donors (Lipinski definition) is 0. The van der Waals surface area contributed by atoms with Crippen LogP contribution in [0.5, 0.6) is 0 Å². The van der Waals surface area contributed by atoms with E-state index in [2.05, 4.69) is 36.8 Å². The van der Waals surface area contributed by atoms with Gasteiger partial charge in [-0.1, -0.05) is 15.9 Å². The van der Waals surface area contributed by atoms with Crippen molar-refractivity contribution in [1.29, 1.82) is 0 Å². The van der Waals surface area contributed by atoms with Crippen molar-refractivity contribution in [1.82, 2.24) is 0 Å². The lowest BCUT2D eigenvalue weighted by Crippen LogP contribution is -3.00. The topological polar surface area (TPSA) is 0 Å². The van der Waals surface area contributed by atoms with E-state index in [1.165, 1.54) is 24.1 Å². The summed E-state index contributed by atoms with van der Waals surface area (Å²) in [5.41, 5.74) is 0. The van der Waals surface area contributed by atoms with Crippen molar-refractivity contribution in [3.05, 3.63) is 0 Å². The molecule has 0 bridgehead atoms. The van der Waals surface area contributed by atoms with Gasteiger partial charge in [0.15, 0.2) is 0 Å². The lowest BCUT2D eigenvalue weighted by Gasteiger charge is -2.31. The molecular weight excluding hydrogens is 258 g/mol. The second-order valence-corrected chi connectivity index (χ2v) is 3.46. The maximum absolute atomic E-state index is 3.45. The Labute approximate surface area is 83.3 Å². The summed E-state index contributed by atoms with van der Waals surface area (Å²) < 4.78 is 1.19. The molecule has 0 aromatic carbocycles. The van der Waals surface area contributed by atoms with Crippen molar-refractivity contribution in [3.8, 4) is 0 Å². The molecule has 0 amide bonds. The monoisotopic (exact) mass is 273 g/mol. The van der Waals surface area contributed by atoms with Crippen molar-refractivity contribution >= 4 is 15.9 Å². The van der Waals surface area contributed by atoms with Gasteiger partial charge in [0.25, 0.3) is 0 Å². The third-order valence-corrected chi connectivity index (χ3v) is 2.51. The van der Waals surface area contributed by atoms with E-state index < -0.39 is 0 Å². The number of quaternary nitrogens is 1. The third-order valence-electron chi connectivity index (χ3n) is 2.15. The van der Waals surface area contributed by atoms with E-state index in [4.69, 9.17) is 0 Å². The summed E-state index contributed by atoms with van der Waals surface area (Å²) in [5, 5.41) is 1.12. The molecular formula is C7H17Br2N.